The van der Waals surface area contributed by atoms with Crippen molar-refractivity contribution in [2.24, 2.45) is 0 Å². The van der Waals surface area contributed by atoms with E-state index >= 15 is 0 Å². The number of hydrogen-bond acceptors (Lipinski definition) is 4. The van der Waals surface area contributed by atoms with Gasteiger partial charge in [0.2, 0.25) is 5.91 Å². The predicted octanol–water partition coefficient (Wildman–Crippen LogP) is 6.21. The van der Waals surface area contributed by atoms with Crippen LogP contribution >= 0.6 is 0 Å². The van der Waals surface area contributed by atoms with Crippen LogP contribution in [0.4, 0.5) is 13.2 Å². The third kappa shape index (κ3) is 7.30. The first kappa shape index (κ1) is 31.5. The number of rotatable bonds is 12. The predicted molar refractivity (Wildman–Crippen MR) is 159 cm³/mol. The maximum absolute atomic E-state index is 13.8. The van der Waals surface area contributed by atoms with Crippen molar-refractivity contribution >= 4 is 17.4 Å². The molecule has 0 bridgehead atoms. The van der Waals surface area contributed by atoms with E-state index in [0.717, 1.165) is 67.6 Å². The second kappa shape index (κ2) is 14.1. The van der Waals surface area contributed by atoms with E-state index in [-0.39, 0.29) is 11.9 Å². The molecule has 4 rings (SSSR count). The molecule has 1 fully saturated rings. The summed E-state index contributed by atoms with van der Waals surface area (Å²) in [6, 6.07) is 11.3. The van der Waals surface area contributed by atoms with Crippen molar-refractivity contribution in [2.45, 2.75) is 76.4 Å². The Kier molecular flexibility index (Phi) is 10.6. The first-order chi connectivity index (χ1) is 20.2. The van der Waals surface area contributed by atoms with Crippen LogP contribution in [-0.4, -0.2) is 60.1 Å². The van der Waals surface area contributed by atoms with Crippen LogP contribution in [0.15, 0.2) is 66.5 Å². The van der Waals surface area contributed by atoms with E-state index in [0.29, 0.717) is 24.8 Å². The quantitative estimate of drug-likeness (QED) is 0.292. The van der Waals surface area contributed by atoms with Gasteiger partial charge >= 0.3 is 6.18 Å². The van der Waals surface area contributed by atoms with Gasteiger partial charge in [0.15, 0.2) is 0 Å². The van der Waals surface area contributed by atoms with Crippen molar-refractivity contribution in [3.63, 3.8) is 0 Å². The molecule has 1 aliphatic heterocycles. The lowest BCUT2D eigenvalue weighted by Gasteiger charge is -2.34. The smallest absolute Gasteiger partial charge is 0.349 e. The third-order valence-corrected chi connectivity index (χ3v) is 8.33. The molecule has 1 aromatic carbocycles. The summed E-state index contributed by atoms with van der Waals surface area (Å²) in [5.74, 6) is -0.698. The van der Waals surface area contributed by atoms with Crippen molar-refractivity contribution in [3.8, 4) is 0 Å². The van der Waals surface area contributed by atoms with E-state index < -0.39 is 24.0 Å². The molecule has 1 saturated heterocycles. The maximum Gasteiger partial charge on any atom is 0.405 e. The summed E-state index contributed by atoms with van der Waals surface area (Å²) in [7, 11) is 0. The van der Waals surface area contributed by atoms with Crippen LogP contribution in [0.25, 0.3) is 5.57 Å². The summed E-state index contributed by atoms with van der Waals surface area (Å²) in [6.07, 6.45) is 7.71. The van der Waals surface area contributed by atoms with Crippen molar-refractivity contribution in [3.05, 3.63) is 83.2 Å². The SMILES string of the molecule is CC/C=C\C1=C(CC)c2ccccc2C1(CCCCN1CCC(NC(=O)c2cccnc2)CC1)C(=O)NCC(F)(F)F. The molecule has 0 radical (unpaired) electrons. The highest BCUT2D eigenvalue weighted by Crippen LogP contribution is 2.51. The molecule has 9 heteroatoms. The number of carbonyl (C=O) groups excluding carboxylic acids is 2. The number of amides is 2. The van der Waals surface area contributed by atoms with Gasteiger partial charge in [-0.05, 0) is 79.5 Å². The second-order valence-electron chi connectivity index (χ2n) is 11.1. The van der Waals surface area contributed by atoms with Gasteiger partial charge in [-0.25, -0.2) is 0 Å². The minimum absolute atomic E-state index is 0.107. The van der Waals surface area contributed by atoms with E-state index in [1.807, 2.05) is 50.3 Å². The Balaban J connectivity index is 1.42. The summed E-state index contributed by atoms with van der Waals surface area (Å²) < 4.78 is 39.6. The highest BCUT2D eigenvalue weighted by Gasteiger charge is 2.49. The molecule has 1 atom stereocenters. The number of carbonyl (C=O) groups is 2. The van der Waals surface area contributed by atoms with Crippen LogP contribution in [0.2, 0.25) is 0 Å². The van der Waals surface area contributed by atoms with E-state index in [9.17, 15) is 22.8 Å². The van der Waals surface area contributed by atoms with Crippen molar-refractivity contribution < 1.29 is 22.8 Å². The zero-order valence-corrected chi connectivity index (χ0v) is 24.5. The number of fused-ring (bicyclic) bond motifs is 1. The number of benzene rings is 1. The van der Waals surface area contributed by atoms with Crippen LogP contribution in [0.1, 0.15) is 80.3 Å². The van der Waals surface area contributed by atoms with Gasteiger partial charge in [-0.1, -0.05) is 56.7 Å². The number of allylic oxidation sites excluding steroid dienone is 3. The number of pyridine rings is 1. The largest absolute Gasteiger partial charge is 0.405 e. The van der Waals surface area contributed by atoms with Gasteiger partial charge in [0, 0.05) is 31.5 Å². The zero-order chi connectivity index (χ0) is 30.2. The van der Waals surface area contributed by atoms with Crippen LogP contribution in [-0.2, 0) is 10.2 Å². The van der Waals surface area contributed by atoms with Gasteiger partial charge in [0.1, 0.15) is 6.54 Å². The molecule has 0 saturated carbocycles. The molecular weight excluding hydrogens is 541 g/mol. The number of unbranched alkanes of at least 4 members (excludes halogenated alkanes) is 1. The Morgan fingerprint density at radius 3 is 2.52 bits per heavy atom. The summed E-state index contributed by atoms with van der Waals surface area (Å²) in [4.78, 5) is 32.6. The first-order valence-corrected chi connectivity index (χ1v) is 15.0. The minimum Gasteiger partial charge on any atom is -0.349 e. The van der Waals surface area contributed by atoms with E-state index in [4.69, 9.17) is 0 Å². The van der Waals surface area contributed by atoms with Crippen LogP contribution in [0.5, 0.6) is 0 Å². The summed E-state index contributed by atoms with van der Waals surface area (Å²) >= 11 is 0. The highest BCUT2D eigenvalue weighted by molar-refractivity contribution is 6.01. The molecule has 2 N–H and O–H groups in total. The van der Waals surface area contributed by atoms with E-state index in [1.165, 1.54) is 0 Å². The summed E-state index contributed by atoms with van der Waals surface area (Å²) in [5.41, 5.74) is 2.97. The molecule has 1 aliphatic carbocycles. The van der Waals surface area contributed by atoms with Crippen molar-refractivity contribution in [1.82, 2.24) is 20.5 Å². The van der Waals surface area contributed by atoms with Gasteiger partial charge in [0.25, 0.3) is 5.91 Å². The summed E-state index contributed by atoms with van der Waals surface area (Å²) in [5, 5.41) is 5.34. The minimum atomic E-state index is -4.49. The van der Waals surface area contributed by atoms with Gasteiger partial charge in [0.05, 0.1) is 11.0 Å². The normalized spacial score (nSPS) is 19.7. The first-order valence-electron chi connectivity index (χ1n) is 15.0. The molecule has 2 heterocycles. The average Bonchev–Trinajstić information content (AvgIpc) is 3.27. The Hall–Kier alpha value is -3.46. The fourth-order valence-corrected chi connectivity index (χ4v) is 6.28. The Bertz CT molecular complexity index is 1280. The molecule has 0 spiro atoms. The molecule has 1 unspecified atom stereocenters. The number of piperidine rings is 1. The lowest BCUT2D eigenvalue weighted by molar-refractivity contribution is -0.141. The van der Waals surface area contributed by atoms with Crippen LogP contribution in [0, 0.1) is 0 Å². The maximum atomic E-state index is 13.8. The molecule has 2 aliphatic rings. The molecule has 6 nitrogen and oxygen atoms in total. The number of halogens is 3. The van der Waals surface area contributed by atoms with Gasteiger partial charge in [-0.3, -0.25) is 14.6 Å². The number of alkyl halides is 3. The third-order valence-electron chi connectivity index (χ3n) is 8.33. The van der Waals surface area contributed by atoms with Gasteiger partial charge < -0.3 is 15.5 Å². The Labute approximate surface area is 246 Å². The van der Waals surface area contributed by atoms with Gasteiger partial charge in [-0.2, -0.15) is 13.2 Å². The number of hydrogen-bond donors (Lipinski definition) is 2. The monoisotopic (exact) mass is 582 g/mol. The number of nitrogens with one attached hydrogen (secondary N) is 2. The molecule has 2 amide bonds. The highest BCUT2D eigenvalue weighted by atomic mass is 19.4. The molecule has 42 heavy (non-hydrogen) atoms. The molecular formula is C33H41F3N4O2. The van der Waals surface area contributed by atoms with Crippen LogP contribution in [0.3, 0.4) is 0 Å². The molecule has 2 aromatic rings. The fourth-order valence-electron chi connectivity index (χ4n) is 6.28. The number of likely N-dealkylation sites (tertiary alicyclic amines) is 1. The number of nitrogens with zero attached hydrogens (tertiary/aromatic N) is 2. The fraction of sp³-hybridized carbons (Fsp3) is 0.485. The Morgan fingerprint density at radius 2 is 1.86 bits per heavy atom. The van der Waals surface area contributed by atoms with Crippen molar-refractivity contribution in [2.75, 3.05) is 26.2 Å². The number of aromatic nitrogens is 1. The molecule has 226 valence electrons. The van der Waals surface area contributed by atoms with Crippen molar-refractivity contribution in [1.29, 1.82) is 0 Å². The topological polar surface area (TPSA) is 74.3 Å². The zero-order valence-electron chi connectivity index (χ0n) is 24.5. The molecule has 1 aromatic heterocycles. The summed E-state index contributed by atoms with van der Waals surface area (Å²) in [6.45, 7) is 5.21. The standard InChI is InChI=1S/C33H41F3N4O2/c1-3-5-13-28-26(4-2)27-12-6-7-14-29(27)32(28,31(42)38-23-33(34,35)36)17-8-9-19-40-20-15-25(16-21-40)39-30(41)24-11-10-18-37-22-24/h5-7,10-14,18,22,25H,3-4,8-9,15-17,19-21,23H2,1-2H3,(H,38,42)(H,39,41)/b13-5-. The van der Waals surface area contributed by atoms with Crippen LogP contribution < -0.4 is 10.6 Å². The lowest BCUT2D eigenvalue weighted by atomic mass is 9.72. The Morgan fingerprint density at radius 1 is 1.10 bits per heavy atom. The van der Waals surface area contributed by atoms with E-state index in [1.54, 1.807) is 24.5 Å². The average molecular weight is 583 g/mol. The van der Waals surface area contributed by atoms with Gasteiger partial charge in [-0.15, -0.1) is 0 Å². The lowest BCUT2D eigenvalue weighted by Crippen LogP contribution is -2.47. The second-order valence-corrected chi connectivity index (χ2v) is 11.1. The van der Waals surface area contributed by atoms with E-state index in [2.05, 4.69) is 20.5 Å².